The Labute approximate surface area is 175 Å². The van der Waals surface area contributed by atoms with Gasteiger partial charge in [-0.05, 0) is 68.6 Å². The maximum atomic E-state index is 12.3. The summed E-state index contributed by atoms with van der Waals surface area (Å²) in [4.78, 5) is 12.3. The van der Waals surface area contributed by atoms with Crippen molar-refractivity contribution in [3.05, 3.63) is 29.8 Å². The number of hydrogen-bond donors (Lipinski definition) is 3. The number of aryl methyl sites for hydroxylation is 1. The average molecular weight is 400 g/mol. The number of hydrogen-bond acceptors (Lipinski definition) is 3. The van der Waals surface area contributed by atoms with Crippen LogP contribution in [0.25, 0.3) is 0 Å². The minimum absolute atomic E-state index is 0.0222. The van der Waals surface area contributed by atoms with Crippen LogP contribution in [0.3, 0.4) is 0 Å². The predicted molar refractivity (Wildman–Crippen MR) is 118 cm³/mol. The van der Waals surface area contributed by atoms with Crippen LogP contribution in [0.1, 0.15) is 76.2 Å². The van der Waals surface area contributed by atoms with Gasteiger partial charge in [-0.1, -0.05) is 44.2 Å². The lowest BCUT2D eigenvalue weighted by Crippen LogP contribution is -2.35. The molecule has 1 amide bonds. The minimum Gasteiger partial charge on any atom is -0.387 e. The maximum Gasteiger partial charge on any atom is 0.238 e. The van der Waals surface area contributed by atoms with Gasteiger partial charge < -0.3 is 15.8 Å². The predicted octanol–water partition coefficient (Wildman–Crippen LogP) is 5.04. The second-order valence-electron chi connectivity index (χ2n) is 8.89. The Morgan fingerprint density at radius 1 is 1.07 bits per heavy atom. The number of ether oxygens (including phenoxy) is 1. The summed E-state index contributed by atoms with van der Waals surface area (Å²) < 4.78 is 5.87. The zero-order chi connectivity index (χ0) is 20.5. The van der Waals surface area contributed by atoms with Gasteiger partial charge in [0.2, 0.25) is 5.91 Å². The molecule has 0 saturated heterocycles. The number of unbranched alkanes of at least 4 members (excludes halogenated alkanes) is 3. The van der Waals surface area contributed by atoms with E-state index in [1.165, 1.54) is 56.9 Å². The van der Waals surface area contributed by atoms with E-state index in [1.807, 2.05) is 12.1 Å². The summed E-state index contributed by atoms with van der Waals surface area (Å²) in [6, 6.07) is 8.05. The number of nitrogens with one attached hydrogen (secondary N) is 2. The summed E-state index contributed by atoms with van der Waals surface area (Å²) in [6.45, 7) is 1.88. The van der Waals surface area contributed by atoms with Gasteiger partial charge in [-0.2, -0.15) is 0 Å². The first-order chi connectivity index (χ1) is 14.1. The first-order valence-electron chi connectivity index (χ1n) is 11.4. The zero-order valence-corrected chi connectivity index (χ0v) is 17.7. The van der Waals surface area contributed by atoms with E-state index >= 15 is 0 Å². The van der Waals surface area contributed by atoms with E-state index in [1.54, 1.807) is 0 Å². The molecule has 0 heterocycles. The van der Waals surface area contributed by atoms with Crippen molar-refractivity contribution in [2.24, 2.45) is 17.1 Å². The van der Waals surface area contributed by atoms with Crippen LogP contribution in [-0.4, -0.2) is 25.0 Å². The minimum atomic E-state index is -0.751. The molecular weight excluding hydrogens is 362 g/mol. The van der Waals surface area contributed by atoms with E-state index in [2.05, 4.69) is 17.4 Å². The molecular formula is C24H37N3O2. The summed E-state index contributed by atoms with van der Waals surface area (Å²) in [7, 11) is 0. The lowest BCUT2D eigenvalue weighted by Gasteiger charge is -2.21. The van der Waals surface area contributed by atoms with Gasteiger partial charge in [0.15, 0.2) is 0 Å². The third kappa shape index (κ3) is 6.56. The smallest absolute Gasteiger partial charge is 0.238 e. The second-order valence-corrected chi connectivity index (χ2v) is 8.89. The zero-order valence-electron chi connectivity index (χ0n) is 17.7. The number of anilines is 1. The number of benzene rings is 1. The third-order valence-electron chi connectivity index (χ3n) is 6.49. The molecule has 4 N–H and O–H groups in total. The van der Waals surface area contributed by atoms with Crippen LogP contribution in [0.15, 0.2) is 24.3 Å². The Morgan fingerprint density at radius 3 is 2.41 bits per heavy atom. The lowest BCUT2D eigenvalue weighted by atomic mass is 9.90. The van der Waals surface area contributed by atoms with Crippen molar-refractivity contribution >= 4 is 17.4 Å². The van der Waals surface area contributed by atoms with Crippen LogP contribution >= 0.6 is 0 Å². The highest BCUT2D eigenvalue weighted by atomic mass is 16.5. The quantitative estimate of drug-likeness (QED) is 0.261. The first-order valence-corrected chi connectivity index (χ1v) is 11.4. The molecule has 0 spiro atoms. The van der Waals surface area contributed by atoms with Gasteiger partial charge in [-0.15, -0.1) is 0 Å². The highest BCUT2D eigenvalue weighted by Gasteiger charge is 2.53. The molecule has 5 nitrogen and oxygen atoms in total. The highest BCUT2D eigenvalue weighted by molar-refractivity contribution is 6.13. The molecule has 0 atom stereocenters. The van der Waals surface area contributed by atoms with Crippen molar-refractivity contribution in [3.63, 3.8) is 0 Å². The summed E-state index contributed by atoms with van der Waals surface area (Å²) >= 11 is 0. The number of nitrogens with two attached hydrogens (primary N) is 1. The lowest BCUT2D eigenvalue weighted by molar-refractivity contribution is -0.119. The molecule has 160 valence electrons. The molecule has 29 heavy (non-hydrogen) atoms. The van der Waals surface area contributed by atoms with Crippen LogP contribution in [0.2, 0.25) is 0 Å². The van der Waals surface area contributed by atoms with Crippen LogP contribution in [-0.2, 0) is 16.0 Å². The van der Waals surface area contributed by atoms with Gasteiger partial charge in [-0.3, -0.25) is 10.2 Å². The van der Waals surface area contributed by atoms with E-state index < -0.39 is 5.41 Å². The van der Waals surface area contributed by atoms with Gasteiger partial charge in [0.25, 0.3) is 0 Å². The molecule has 2 aliphatic carbocycles. The van der Waals surface area contributed by atoms with Crippen molar-refractivity contribution in [1.29, 1.82) is 5.41 Å². The standard InChI is InChI=1S/C24H37N3O2/c25-22(26)24(15-16-24)23(28)27-21-13-11-19(12-14-21)8-4-1-2-7-17-29-18-20-9-5-3-6-10-20/h11-14,20H,1-10,15-18H2,(H3,25,26)(H,27,28). The maximum absolute atomic E-state index is 12.3. The monoisotopic (exact) mass is 399 g/mol. The van der Waals surface area contributed by atoms with Crippen LogP contribution < -0.4 is 11.1 Å². The summed E-state index contributed by atoms with van der Waals surface area (Å²) in [5.41, 5.74) is 6.89. The largest absolute Gasteiger partial charge is 0.387 e. The molecule has 5 heteroatoms. The first kappa shape index (κ1) is 21.8. The molecule has 0 aromatic heterocycles. The molecule has 0 unspecified atom stereocenters. The Hall–Kier alpha value is -1.88. The summed E-state index contributed by atoms with van der Waals surface area (Å²) in [6.07, 6.45) is 14.1. The van der Waals surface area contributed by atoms with Crippen molar-refractivity contribution in [3.8, 4) is 0 Å². The molecule has 0 aliphatic heterocycles. The number of carbonyl (C=O) groups is 1. The molecule has 0 radical (unpaired) electrons. The topological polar surface area (TPSA) is 88.2 Å². The van der Waals surface area contributed by atoms with Crippen molar-refractivity contribution in [2.75, 3.05) is 18.5 Å². The molecule has 1 aromatic rings. The molecule has 1 aromatic carbocycles. The number of rotatable bonds is 12. The number of amidine groups is 1. The highest BCUT2D eigenvalue weighted by Crippen LogP contribution is 2.46. The van der Waals surface area contributed by atoms with Gasteiger partial charge in [0, 0.05) is 18.9 Å². The second kappa shape index (κ2) is 10.8. The van der Waals surface area contributed by atoms with E-state index in [0.29, 0.717) is 12.8 Å². The van der Waals surface area contributed by atoms with E-state index in [4.69, 9.17) is 15.9 Å². The van der Waals surface area contributed by atoms with Gasteiger partial charge in [0.1, 0.15) is 11.3 Å². The van der Waals surface area contributed by atoms with Gasteiger partial charge in [0.05, 0.1) is 0 Å². The third-order valence-corrected chi connectivity index (χ3v) is 6.49. The molecule has 2 fully saturated rings. The average Bonchev–Trinajstić information content (AvgIpc) is 3.54. The summed E-state index contributed by atoms with van der Waals surface area (Å²) in [5, 5.41) is 10.5. The Morgan fingerprint density at radius 2 is 1.76 bits per heavy atom. The van der Waals surface area contributed by atoms with Crippen molar-refractivity contribution in [1.82, 2.24) is 0 Å². The SMILES string of the molecule is N=C(N)C1(C(=O)Nc2ccc(CCCCCCOCC3CCCCC3)cc2)CC1. The number of amides is 1. The number of carbonyl (C=O) groups excluding carboxylic acids is 1. The fourth-order valence-corrected chi connectivity index (χ4v) is 4.24. The molecule has 2 aliphatic rings. The van der Waals surface area contributed by atoms with E-state index in [-0.39, 0.29) is 11.7 Å². The Bertz CT molecular complexity index is 661. The van der Waals surface area contributed by atoms with E-state index in [0.717, 1.165) is 37.7 Å². The molecule has 3 rings (SSSR count). The van der Waals surface area contributed by atoms with E-state index in [9.17, 15) is 4.79 Å². The van der Waals surface area contributed by atoms with Crippen molar-refractivity contribution < 1.29 is 9.53 Å². The Kier molecular flexibility index (Phi) is 8.10. The van der Waals surface area contributed by atoms with Gasteiger partial charge >= 0.3 is 0 Å². The Balaban J connectivity index is 1.24. The summed E-state index contributed by atoms with van der Waals surface area (Å²) in [5.74, 6) is 0.642. The molecule has 0 bridgehead atoms. The fourth-order valence-electron chi connectivity index (χ4n) is 4.24. The fraction of sp³-hybridized carbons (Fsp3) is 0.667. The van der Waals surface area contributed by atoms with Crippen molar-refractivity contribution in [2.45, 2.75) is 77.0 Å². The van der Waals surface area contributed by atoms with Crippen LogP contribution in [0, 0.1) is 16.7 Å². The van der Waals surface area contributed by atoms with Gasteiger partial charge in [-0.25, -0.2) is 0 Å². The normalized spacial score (nSPS) is 18.3. The van der Waals surface area contributed by atoms with Crippen LogP contribution in [0.5, 0.6) is 0 Å². The van der Waals surface area contributed by atoms with Crippen LogP contribution in [0.4, 0.5) is 5.69 Å². The molecule has 2 saturated carbocycles.